The number of ether oxygens (including phenoxy) is 4. The van der Waals surface area contributed by atoms with Crippen LogP contribution < -0.4 is 27.8 Å². The lowest BCUT2D eigenvalue weighted by Gasteiger charge is -2.37. The standard InChI is InChI=1S/2C24H32O3Si/c2*1-24(2,3)28(6,7)27-22-10-8-9-18-11-12-19(23(18)22)13-17-14-20(25-4)16-21(15-17)26-5/h8-10,13-16H,11-12H2,1-7H3;8-10,12,14-16H,11,13H2,1-7H3/b19-13+;. The summed E-state index contributed by atoms with van der Waals surface area (Å²) >= 11 is 0. The lowest BCUT2D eigenvalue weighted by atomic mass is 9.98. The van der Waals surface area contributed by atoms with Gasteiger partial charge in [-0.2, -0.15) is 0 Å². The quantitative estimate of drug-likeness (QED) is 0.141. The molecular formula is C48H64O6Si2. The van der Waals surface area contributed by atoms with Crippen LogP contribution in [0.5, 0.6) is 34.5 Å². The maximum Gasteiger partial charge on any atom is 0.250 e. The highest BCUT2D eigenvalue weighted by Gasteiger charge is 2.41. The maximum absolute atomic E-state index is 6.72. The highest BCUT2D eigenvalue weighted by atomic mass is 28.4. The molecule has 0 saturated heterocycles. The Morgan fingerprint density at radius 1 is 0.571 bits per heavy atom. The second-order valence-corrected chi connectivity index (χ2v) is 27.4. The molecule has 0 aromatic heterocycles. The summed E-state index contributed by atoms with van der Waals surface area (Å²) in [6, 6.07) is 25.0. The smallest absolute Gasteiger partial charge is 0.250 e. The molecule has 0 saturated carbocycles. The molecule has 2 aliphatic rings. The fourth-order valence-electron chi connectivity index (χ4n) is 6.62. The van der Waals surface area contributed by atoms with Crippen molar-refractivity contribution in [3.05, 3.63) is 112 Å². The van der Waals surface area contributed by atoms with Crippen LogP contribution in [0.25, 0.3) is 17.2 Å². The van der Waals surface area contributed by atoms with Crippen LogP contribution in [0.2, 0.25) is 36.3 Å². The molecule has 300 valence electrons. The summed E-state index contributed by atoms with van der Waals surface area (Å²) in [5.74, 6) is 5.30. The van der Waals surface area contributed by atoms with E-state index in [2.05, 4.69) is 128 Å². The molecule has 0 spiro atoms. The first-order valence-corrected chi connectivity index (χ1v) is 25.6. The normalized spacial score (nSPS) is 14.6. The van der Waals surface area contributed by atoms with Crippen molar-refractivity contribution in [2.75, 3.05) is 28.4 Å². The van der Waals surface area contributed by atoms with E-state index in [0.717, 1.165) is 65.7 Å². The van der Waals surface area contributed by atoms with Crippen molar-refractivity contribution in [2.24, 2.45) is 0 Å². The van der Waals surface area contributed by atoms with Gasteiger partial charge in [0.2, 0.25) is 0 Å². The molecular weight excluding hydrogens is 729 g/mol. The fraction of sp³-hybridized carbons (Fsp3) is 0.417. The molecule has 2 aliphatic carbocycles. The molecule has 0 heterocycles. The average Bonchev–Trinajstić information content (AvgIpc) is 3.75. The molecule has 4 aromatic carbocycles. The third kappa shape index (κ3) is 9.75. The van der Waals surface area contributed by atoms with Gasteiger partial charge in [0.15, 0.2) is 0 Å². The van der Waals surface area contributed by atoms with Crippen LogP contribution in [0.15, 0.2) is 78.9 Å². The van der Waals surface area contributed by atoms with Gasteiger partial charge < -0.3 is 27.8 Å². The van der Waals surface area contributed by atoms with Crippen molar-refractivity contribution in [1.29, 1.82) is 0 Å². The maximum atomic E-state index is 6.72. The molecule has 0 atom stereocenters. The molecule has 0 amide bonds. The Kier molecular flexibility index (Phi) is 13.0. The molecule has 0 aliphatic heterocycles. The summed E-state index contributed by atoms with van der Waals surface area (Å²) in [5.41, 5.74) is 10.2. The number of allylic oxidation sites excluding steroid dienone is 3. The van der Waals surface area contributed by atoms with Crippen molar-refractivity contribution < 1.29 is 27.8 Å². The third-order valence-corrected chi connectivity index (χ3v) is 20.6. The first-order valence-electron chi connectivity index (χ1n) is 19.8. The van der Waals surface area contributed by atoms with Crippen LogP contribution in [0.3, 0.4) is 0 Å². The van der Waals surface area contributed by atoms with Crippen LogP contribution in [-0.2, 0) is 19.3 Å². The number of benzene rings is 4. The second kappa shape index (κ2) is 17.0. The van der Waals surface area contributed by atoms with Crippen molar-refractivity contribution in [3.8, 4) is 34.5 Å². The number of hydrogen-bond acceptors (Lipinski definition) is 6. The van der Waals surface area contributed by atoms with E-state index < -0.39 is 16.6 Å². The van der Waals surface area contributed by atoms with Crippen molar-refractivity contribution in [2.45, 2.75) is 103 Å². The highest BCUT2D eigenvalue weighted by molar-refractivity contribution is 6.75. The van der Waals surface area contributed by atoms with Crippen LogP contribution in [0, 0.1) is 0 Å². The van der Waals surface area contributed by atoms with Crippen molar-refractivity contribution in [1.82, 2.24) is 0 Å². The van der Waals surface area contributed by atoms with Gasteiger partial charge in [0, 0.05) is 23.3 Å². The summed E-state index contributed by atoms with van der Waals surface area (Å²) in [5, 5.41) is 0.330. The van der Waals surface area contributed by atoms with Crippen LogP contribution >= 0.6 is 0 Å². The first kappa shape index (κ1) is 42.7. The molecule has 6 rings (SSSR count). The molecule has 6 nitrogen and oxygen atoms in total. The van der Waals surface area contributed by atoms with Crippen LogP contribution in [0.1, 0.15) is 81.3 Å². The Bertz CT molecular complexity index is 2040. The van der Waals surface area contributed by atoms with Gasteiger partial charge in [-0.1, -0.05) is 78.0 Å². The number of aryl methyl sites for hydroxylation is 1. The molecule has 0 unspecified atom stereocenters. The van der Waals surface area contributed by atoms with E-state index in [4.69, 9.17) is 27.8 Å². The SMILES string of the molecule is COc1cc(/C=C2\CCc3cccc(O[Si](C)(C)C(C)(C)C)c32)cc(OC)c1.COc1cc(CC2=CCc3cccc(O[Si](C)(C)C(C)(C)C)c32)cc(OC)c1. The molecule has 0 fully saturated rings. The van der Waals surface area contributed by atoms with E-state index >= 15 is 0 Å². The van der Waals surface area contributed by atoms with E-state index in [1.165, 1.54) is 39.0 Å². The molecule has 56 heavy (non-hydrogen) atoms. The lowest BCUT2D eigenvalue weighted by molar-refractivity contribution is 0.393. The summed E-state index contributed by atoms with van der Waals surface area (Å²) in [4.78, 5) is 0. The number of hydrogen-bond donors (Lipinski definition) is 0. The summed E-state index contributed by atoms with van der Waals surface area (Å²) in [6.45, 7) is 22.9. The minimum Gasteiger partial charge on any atom is -0.543 e. The Labute approximate surface area is 339 Å². The fourth-order valence-corrected chi connectivity index (χ4v) is 8.68. The zero-order valence-corrected chi connectivity index (χ0v) is 38.4. The van der Waals surface area contributed by atoms with Gasteiger partial charge in [0.05, 0.1) is 28.4 Å². The molecule has 0 N–H and O–H groups in total. The lowest BCUT2D eigenvalue weighted by Crippen LogP contribution is -2.44. The number of fused-ring (bicyclic) bond motifs is 2. The Morgan fingerprint density at radius 2 is 1.04 bits per heavy atom. The van der Waals surface area contributed by atoms with Crippen LogP contribution in [0.4, 0.5) is 0 Å². The summed E-state index contributed by atoms with van der Waals surface area (Å²) in [6.07, 6.45) is 8.44. The highest BCUT2D eigenvalue weighted by Crippen LogP contribution is 2.45. The van der Waals surface area contributed by atoms with Gasteiger partial charge in [-0.3, -0.25) is 0 Å². The minimum atomic E-state index is -1.91. The molecule has 0 bridgehead atoms. The summed E-state index contributed by atoms with van der Waals surface area (Å²) < 4.78 is 35.2. The zero-order valence-electron chi connectivity index (χ0n) is 36.4. The molecule has 0 radical (unpaired) electrons. The summed E-state index contributed by atoms with van der Waals surface area (Å²) in [7, 11) is 2.93. The van der Waals surface area contributed by atoms with Gasteiger partial charge in [0.1, 0.15) is 34.5 Å². The van der Waals surface area contributed by atoms with Crippen LogP contribution in [-0.4, -0.2) is 45.1 Å². The molecule has 4 aromatic rings. The topological polar surface area (TPSA) is 55.4 Å². The van der Waals surface area contributed by atoms with Gasteiger partial charge in [-0.15, -0.1) is 0 Å². The predicted molar refractivity (Wildman–Crippen MR) is 239 cm³/mol. The third-order valence-electron chi connectivity index (χ3n) is 12.0. The predicted octanol–water partition coefficient (Wildman–Crippen LogP) is 12.8. The van der Waals surface area contributed by atoms with E-state index in [-0.39, 0.29) is 10.1 Å². The van der Waals surface area contributed by atoms with Gasteiger partial charge in [-0.25, -0.2) is 0 Å². The Hall–Kier alpha value is -4.41. The molecule has 8 heteroatoms. The average molecular weight is 793 g/mol. The van der Waals surface area contributed by atoms with Crippen molar-refractivity contribution >= 4 is 33.9 Å². The van der Waals surface area contributed by atoms with Crippen molar-refractivity contribution in [3.63, 3.8) is 0 Å². The first-order chi connectivity index (χ1) is 26.3. The monoisotopic (exact) mass is 792 g/mol. The van der Waals surface area contributed by atoms with Gasteiger partial charge >= 0.3 is 0 Å². The van der Waals surface area contributed by atoms with Gasteiger partial charge in [-0.05, 0) is 132 Å². The Morgan fingerprint density at radius 3 is 1.52 bits per heavy atom. The number of methoxy groups -OCH3 is 4. The zero-order chi connectivity index (χ0) is 41.1. The van der Waals surface area contributed by atoms with E-state index in [0.29, 0.717) is 0 Å². The minimum absolute atomic E-state index is 0.165. The van der Waals surface area contributed by atoms with E-state index in [1.54, 1.807) is 28.4 Å². The largest absolute Gasteiger partial charge is 0.543 e. The van der Waals surface area contributed by atoms with E-state index in [9.17, 15) is 0 Å². The van der Waals surface area contributed by atoms with Gasteiger partial charge in [0.25, 0.3) is 16.6 Å². The number of rotatable bonds is 11. The second-order valence-electron chi connectivity index (χ2n) is 18.0. The van der Waals surface area contributed by atoms with E-state index in [1.807, 2.05) is 24.3 Å². The Balaban J connectivity index is 0.000000214.